The Kier molecular flexibility index (Phi) is 4.36. The van der Waals surface area contributed by atoms with Crippen molar-refractivity contribution >= 4 is 28.4 Å². The molecular formula is C18H16ClN3O2. The molecule has 0 bridgehead atoms. The van der Waals surface area contributed by atoms with Gasteiger partial charge >= 0.3 is 0 Å². The molecule has 3 aromatic rings. The Bertz CT molecular complexity index is 967. The first-order chi connectivity index (χ1) is 11.5. The maximum absolute atomic E-state index is 12.5. The Morgan fingerprint density at radius 1 is 1.21 bits per heavy atom. The second kappa shape index (κ2) is 6.45. The lowest BCUT2D eigenvalue weighted by Crippen LogP contribution is -2.32. The van der Waals surface area contributed by atoms with Crippen LogP contribution in [0.5, 0.6) is 0 Å². The third-order valence-electron chi connectivity index (χ3n) is 3.84. The Labute approximate surface area is 143 Å². The molecule has 1 atom stereocenters. The highest BCUT2D eigenvalue weighted by Gasteiger charge is 2.17. The first kappa shape index (κ1) is 16.2. The summed E-state index contributed by atoms with van der Waals surface area (Å²) in [5, 5.41) is 3.87. The minimum Gasteiger partial charge on any atom is -0.342 e. The Balaban J connectivity index is 1.98. The summed E-state index contributed by atoms with van der Waals surface area (Å²) in [7, 11) is 1.64. The zero-order valence-corrected chi connectivity index (χ0v) is 14.0. The van der Waals surface area contributed by atoms with E-state index >= 15 is 0 Å². The second-order valence-electron chi connectivity index (χ2n) is 5.56. The predicted octanol–water partition coefficient (Wildman–Crippen LogP) is 3.08. The number of hydrogen-bond acceptors (Lipinski definition) is 3. The summed E-state index contributed by atoms with van der Waals surface area (Å²) < 4.78 is 1.45. The van der Waals surface area contributed by atoms with Gasteiger partial charge in [0.25, 0.3) is 11.5 Å². The van der Waals surface area contributed by atoms with Gasteiger partial charge < -0.3 is 5.32 Å². The van der Waals surface area contributed by atoms with Crippen molar-refractivity contribution in [1.29, 1.82) is 0 Å². The number of rotatable bonds is 3. The summed E-state index contributed by atoms with van der Waals surface area (Å²) >= 11 is 5.99. The molecule has 1 unspecified atom stereocenters. The summed E-state index contributed by atoms with van der Waals surface area (Å²) in [6, 6.07) is 13.4. The number of hydrogen-bond donors (Lipinski definition) is 1. The molecule has 5 nitrogen and oxygen atoms in total. The standard InChI is InChI=1S/C18H16ClN3O2/c1-11(20-17(23)12-6-4-3-5-7-12)16-21-15-10-13(19)8-9-14(15)18(24)22(16)2/h3-11H,1-2H3,(H,20,23). The van der Waals surface area contributed by atoms with E-state index in [1.165, 1.54) is 4.57 Å². The molecular weight excluding hydrogens is 326 g/mol. The summed E-state index contributed by atoms with van der Waals surface area (Å²) in [4.78, 5) is 29.3. The zero-order valence-electron chi connectivity index (χ0n) is 13.3. The number of aromatic nitrogens is 2. The van der Waals surface area contributed by atoms with Crippen LogP contribution in [0, 0.1) is 0 Å². The van der Waals surface area contributed by atoms with E-state index in [0.717, 1.165) is 0 Å². The fourth-order valence-electron chi connectivity index (χ4n) is 2.58. The summed E-state index contributed by atoms with van der Waals surface area (Å²) in [6.45, 7) is 1.79. The van der Waals surface area contributed by atoms with Crippen molar-refractivity contribution in [2.75, 3.05) is 0 Å². The van der Waals surface area contributed by atoms with Crippen LogP contribution in [-0.4, -0.2) is 15.5 Å². The third-order valence-corrected chi connectivity index (χ3v) is 4.08. The highest BCUT2D eigenvalue weighted by atomic mass is 35.5. The van der Waals surface area contributed by atoms with Crippen LogP contribution in [0.15, 0.2) is 53.3 Å². The van der Waals surface area contributed by atoms with Gasteiger partial charge in [0.05, 0.1) is 16.9 Å². The number of benzene rings is 2. The average molecular weight is 342 g/mol. The largest absolute Gasteiger partial charge is 0.342 e. The number of amides is 1. The lowest BCUT2D eigenvalue weighted by Gasteiger charge is -2.17. The normalized spacial score (nSPS) is 12.1. The molecule has 0 radical (unpaired) electrons. The molecule has 0 aliphatic carbocycles. The van der Waals surface area contributed by atoms with Gasteiger partial charge in [0, 0.05) is 17.6 Å². The lowest BCUT2D eigenvalue weighted by molar-refractivity contribution is 0.0937. The number of nitrogens with zero attached hydrogens (tertiary/aromatic N) is 2. The predicted molar refractivity (Wildman–Crippen MR) is 94.3 cm³/mol. The van der Waals surface area contributed by atoms with Crippen molar-refractivity contribution in [2.24, 2.45) is 7.05 Å². The quantitative estimate of drug-likeness (QED) is 0.796. The fraction of sp³-hybridized carbons (Fsp3) is 0.167. The van der Waals surface area contributed by atoms with Gasteiger partial charge in [-0.25, -0.2) is 4.98 Å². The van der Waals surface area contributed by atoms with E-state index in [9.17, 15) is 9.59 Å². The van der Waals surface area contributed by atoms with Crippen molar-refractivity contribution in [1.82, 2.24) is 14.9 Å². The molecule has 1 aromatic heterocycles. The van der Waals surface area contributed by atoms with Crippen LogP contribution in [0.3, 0.4) is 0 Å². The molecule has 2 aromatic carbocycles. The maximum atomic E-state index is 12.5. The molecule has 0 spiro atoms. The smallest absolute Gasteiger partial charge is 0.261 e. The molecule has 0 saturated heterocycles. The van der Waals surface area contributed by atoms with Gasteiger partial charge in [0.2, 0.25) is 0 Å². The summed E-state index contributed by atoms with van der Waals surface area (Å²) in [5.41, 5.74) is 0.895. The molecule has 1 N–H and O–H groups in total. The topological polar surface area (TPSA) is 64.0 Å². The Hall–Kier alpha value is -2.66. The van der Waals surface area contributed by atoms with Gasteiger partial charge in [-0.15, -0.1) is 0 Å². The van der Waals surface area contributed by atoms with Crippen molar-refractivity contribution in [3.63, 3.8) is 0 Å². The van der Waals surface area contributed by atoms with Crippen LogP contribution in [-0.2, 0) is 7.05 Å². The zero-order chi connectivity index (χ0) is 17.3. The minimum absolute atomic E-state index is 0.174. The fourth-order valence-corrected chi connectivity index (χ4v) is 2.75. The SMILES string of the molecule is CC(NC(=O)c1ccccc1)c1nc2cc(Cl)ccc2c(=O)n1C. The van der Waals surface area contributed by atoms with E-state index < -0.39 is 6.04 Å². The van der Waals surface area contributed by atoms with Crippen LogP contribution in [0.25, 0.3) is 10.9 Å². The third kappa shape index (κ3) is 3.03. The molecule has 122 valence electrons. The first-order valence-electron chi connectivity index (χ1n) is 7.49. The van der Waals surface area contributed by atoms with Crippen LogP contribution in [0.1, 0.15) is 29.1 Å². The number of carbonyl (C=O) groups is 1. The van der Waals surface area contributed by atoms with Gasteiger partial charge in [0.1, 0.15) is 5.82 Å². The monoisotopic (exact) mass is 341 g/mol. The van der Waals surface area contributed by atoms with E-state index in [0.29, 0.717) is 27.3 Å². The molecule has 0 aliphatic rings. The van der Waals surface area contributed by atoms with Gasteiger partial charge in [0.15, 0.2) is 0 Å². The van der Waals surface area contributed by atoms with Gasteiger partial charge in [-0.1, -0.05) is 29.8 Å². The highest BCUT2D eigenvalue weighted by molar-refractivity contribution is 6.31. The van der Waals surface area contributed by atoms with E-state index in [1.54, 1.807) is 56.4 Å². The van der Waals surface area contributed by atoms with Crippen LogP contribution in [0.2, 0.25) is 5.02 Å². The van der Waals surface area contributed by atoms with Gasteiger partial charge in [-0.3, -0.25) is 14.2 Å². The van der Waals surface area contributed by atoms with Crippen molar-refractivity contribution < 1.29 is 4.79 Å². The second-order valence-corrected chi connectivity index (χ2v) is 5.99. The first-order valence-corrected chi connectivity index (χ1v) is 7.87. The van der Waals surface area contributed by atoms with Gasteiger partial charge in [-0.2, -0.15) is 0 Å². The Morgan fingerprint density at radius 2 is 1.92 bits per heavy atom. The van der Waals surface area contributed by atoms with E-state index in [1.807, 2.05) is 6.07 Å². The molecule has 1 amide bonds. The number of fused-ring (bicyclic) bond motifs is 1. The Morgan fingerprint density at radius 3 is 2.62 bits per heavy atom. The maximum Gasteiger partial charge on any atom is 0.261 e. The van der Waals surface area contributed by atoms with Crippen LogP contribution >= 0.6 is 11.6 Å². The molecule has 1 heterocycles. The molecule has 0 aliphatic heterocycles. The molecule has 24 heavy (non-hydrogen) atoms. The van der Waals surface area contributed by atoms with Crippen LogP contribution < -0.4 is 10.9 Å². The van der Waals surface area contributed by atoms with Crippen molar-refractivity contribution in [3.8, 4) is 0 Å². The summed E-state index contributed by atoms with van der Waals surface area (Å²) in [6.07, 6.45) is 0. The number of halogens is 1. The average Bonchev–Trinajstić information content (AvgIpc) is 2.58. The molecule has 6 heteroatoms. The van der Waals surface area contributed by atoms with Crippen molar-refractivity contribution in [2.45, 2.75) is 13.0 Å². The molecule has 0 saturated carbocycles. The van der Waals surface area contributed by atoms with E-state index in [4.69, 9.17) is 11.6 Å². The highest BCUT2D eigenvalue weighted by Crippen LogP contribution is 2.17. The number of carbonyl (C=O) groups excluding carboxylic acids is 1. The molecule has 0 fully saturated rings. The van der Waals surface area contributed by atoms with Gasteiger partial charge in [-0.05, 0) is 37.3 Å². The van der Waals surface area contributed by atoms with Crippen molar-refractivity contribution in [3.05, 3.63) is 75.3 Å². The molecule has 3 rings (SSSR count). The van der Waals surface area contributed by atoms with E-state index in [2.05, 4.69) is 10.3 Å². The lowest BCUT2D eigenvalue weighted by atomic mass is 10.2. The van der Waals surface area contributed by atoms with Crippen LogP contribution in [0.4, 0.5) is 0 Å². The summed E-state index contributed by atoms with van der Waals surface area (Å²) in [5.74, 6) is 0.252. The minimum atomic E-state index is -0.432. The number of nitrogens with one attached hydrogen (secondary N) is 1. The van der Waals surface area contributed by atoms with E-state index in [-0.39, 0.29) is 11.5 Å².